The van der Waals surface area contributed by atoms with Gasteiger partial charge in [-0.25, -0.2) is 0 Å². The highest BCUT2D eigenvalue weighted by atomic mass is 32.2. The first-order chi connectivity index (χ1) is 6.68. The molecule has 0 unspecified atom stereocenters. The van der Waals surface area contributed by atoms with E-state index in [1.165, 1.54) is 16.1 Å². The van der Waals surface area contributed by atoms with Gasteiger partial charge in [-0.05, 0) is 37.2 Å². The van der Waals surface area contributed by atoms with Gasteiger partial charge in [0.25, 0.3) is 0 Å². The Morgan fingerprint density at radius 1 is 1.50 bits per heavy atom. The minimum Gasteiger partial charge on any atom is -0.127 e. The van der Waals surface area contributed by atoms with Gasteiger partial charge in [0.15, 0.2) is 0 Å². The van der Waals surface area contributed by atoms with Crippen molar-refractivity contribution in [1.82, 2.24) is 0 Å². The van der Waals surface area contributed by atoms with Crippen molar-refractivity contribution in [1.29, 1.82) is 0 Å². The van der Waals surface area contributed by atoms with E-state index in [1.54, 1.807) is 0 Å². The smallest absolute Gasteiger partial charge is 0.0225 e. The van der Waals surface area contributed by atoms with Gasteiger partial charge in [-0.3, -0.25) is 0 Å². The van der Waals surface area contributed by atoms with Crippen molar-refractivity contribution < 1.29 is 0 Å². The van der Waals surface area contributed by atoms with E-state index in [-0.39, 0.29) is 0 Å². The lowest BCUT2D eigenvalue weighted by atomic mass is 10.1. The second kappa shape index (κ2) is 5.92. The molecule has 1 aliphatic rings. The Bertz CT molecular complexity index is 292. The molecule has 1 heteroatoms. The fourth-order valence-corrected chi connectivity index (χ4v) is 1.90. The summed E-state index contributed by atoms with van der Waals surface area (Å²) in [6.45, 7) is 8.14. The molecule has 0 aromatic rings. The fraction of sp³-hybridized carbons (Fsp3) is 0.385. The summed E-state index contributed by atoms with van der Waals surface area (Å²) in [6.07, 6.45) is 11.3. The van der Waals surface area contributed by atoms with Crippen molar-refractivity contribution in [3.8, 4) is 0 Å². The van der Waals surface area contributed by atoms with Crippen LogP contribution in [-0.4, -0.2) is 5.75 Å². The standard InChI is InChI=1S/C13H18S/c1-11(2)14-10-13-8-4-6-12(3)7-5-9-13/h4,7-9H,1,5-6,10H2,2-3H3. The third-order valence-electron chi connectivity index (χ3n) is 2.10. The van der Waals surface area contributed by atoms with Crippen molar-refractivity contribution in [2.45, 2.75) is 26.7 Å². The predicted molar refractivity (Wildman–Crippen MR) is 67.5 cm³/mol. The van der Waals surface area contributed by atoms with E-state index in [2.05, 4.69) is 44.7 Å². The largest absolute Gasteiger partial charge is 0.127 e. The SMILES string of the molecule is C=C(C)SCC1=CCC=C(C)CC=C1. The summed E-state index contributed by atoms with van der Waals surface area (Å²) >= 11 is 1.82. The van der Waals surface area contributed by atoms with Crippen molar-refractivity contribution in [3.05, 3.63) is 46.9 Å². The Morgan fingerprint density at radius 3 is 3.00 bits per heavy atom. The quantitative estimate of drug-likeness (QED) is 0.614. The summed E-state index contributed by atoms with van der Waals surface area (Å²) in [7, 11) is 0. The van der Waals surface area contributed by atoms with Crippen LogP contribution in [0.3, 0.4) is 0 Å². The van der Waals surface area contributed by atoms with Crippen LogP contribution in [0.2, 0.25) is 0 Å². The number of thioether (sulfide) groups is 1. The summed E-state index contributed by atoms with van der Waals surface area (Å²) in [6, 6.07) is 0. The van der Waals surface area contributed by atoms with Crippen LogP contribution in [0.25, 0.3) is 0 Å². The first-order valence-corrected chi connectivity index (χ1v) is 5.96. The second-order valence-electron chi connectivity index (χ2n) is 3.66. The van der Waals surface area contributed by atoms with Gasteiger partial charge < -0.3 is 0 Å². The van der Waals surface area contributed by atoms with Crippen molar-refractivity contribution >= 4 is 11.8 Å². The van der Waals surface area contributed by atoms with Crippen LogP contribution in [0.15, 0.2) is 46.9 Å². The molecule has 1 rings (SSSR count). The topological polar surface area (TPSA) is 0 Å². The maximum atomic E-state index is 3.89. The molecule has 0 spiro atoms. The summed E-state index contributed by atoms with van der Waals surface area (Å²) < 4.78 is 0. The molecule has 14 heavy (non-hydrogen) atoms. The molecule has 0 nitrogen and oxygen atoms in total. The molecule has 0 radical (unpaired) electrons. The Morgan fingerprint density at radius 2 is 2.29 bits per heavy atom. The number of hydrogen-bond acceptors (Lipinski definition) is 1. The number of hydrogen-bond donors (Lipinski definition) is 0. The highest BCUT2D eigenvalue weighted by molar-refractivity contribution is 8.03. The monoisotopic (exact) mass is 206 g/mol. The summed E-state index contributed by atoms with van der Waals surface area (Å²) in [5, 5.41) is 0. The van der Waals surface area contributed by atoms with E-state index in [1.807, 2.05) is 11.8 Å². The van der Waals surface area contributed by atoms with Crippen LogP contribution in [0.1, 0.15) is 26.7 Å². The molecule has 0 heterocycles. The Labute approximate surface area is 91.5 Å². The minimum atomic E-state index is 1.05. The lowest BCUT2D eigenvalue weighted by molar-refractivity contribution is 1.14. The van der Waals surface area contributed by atoms with Gasteiger partial charge in [0.05, 0.1) is 0 Å². The van der Waals surface area contributed by atoms with Crippen LogP contribution >= 0.6 is 11.8 Å². The van der Waals surface area contributed by atoms with Gasteiger partial charge in [0.2, 0.25) is 0 Å². The van der Waals surface area contributed by atoms with Crippen LogP contribution < -0.4 is 0 Å². The molecule has 0 atom stereocenters. The number of rotatable bonds is 3. The zero-order valence-electron chi connectivity index (χ0n) is 9.05. The van der Waals surface area contributed by atoms with Gasteiger partial charge in [-0.15, -0.1) is 11.8 Å². The average Bonchev–Trinajstić information content (AvgIpc) is 2.08. The zero-order chi connectivity index (χ0) is 10.4. The molecule has 0 saturated heterocycles. The molecular formula is C13H18S. The Kier molecular flexibility index (Phi) is 4.81. The molecule has 0 amide bonds. The Balaban J connectivity index is 2.53. The lowest BCUT2D eigenvalue weighted by Gasteiger charge is -2.05. The average molecular weight is 206 g/mol. The second-order valence-corrected chi connectivity index (χ2v) is 4.94. The maximum absolute atomic E-state index is 3.89. The lowest BCUT2D eigenvalue weighted by Crippen LogP contribution is -1.86. The first kappa shape index (κ1) is 11.4. The third-order valence-corrected chi connectivity index (χ3v) is 3.07. The van der Waals surface area contributed by atoms with E-state index in [9.17, 15) is 0 Å². The molecule has 0 fully saturated rings. The van der Waals surface area contributed by atoms with E-state index in [0.29, 0.717) is 0 Å². The van der Waals surface area contributed by atoms with E-state index in [4.69, 9.17) is 0 Å². The predicted octanol–water partition coefficient (Wildman–Crippen LogP) is 4.48. The fourth-order valence-electron chi connectivity index (χ4n) is 1.27. The van der Waals surface area contributed by atoms with Gasteiger partial charge in [-0.1, -0.05) is 36.5 Å². The molecule has 0 bridgehead atoms. The van der Waals surface area contributed by atoms with Crippen molar-refractivity contribution in [2.24, 2.45) is 0 Å². The molecule has 0 aromatic carbocycles. The molecule has 0 aliphatic heterocycles. The van der Waals surface area contributed by atoms with Crippen LogP contribution in [0.5, 0.6) is 0 Å². The van der Waals surface area contributed by atoms with Gasteiger partial charge in [0, 0.05) is 5.75 Å². The number of allylic oxidation sites excluding steroid dienone is 6. The van der Waals surface area contributed by atoms with Crippen LogP contribution in [0, 0.1) is 0 Å². The summed E-state index contributed by atoms with van der Waals surface area (Å²) in [5.41, 5.74) is 2.88. The maximum Gasteiger partial charge on any atom is 0.0225 e. The molecule has 76 valence electrons. The van der Waals surface area contributed by atoms with Crippen LogP contribution in [0.4, 0.5) is 0 Å². The van der Waals surface area contributed by atoms with E-state index >= 15 is 0 Å². The van der Waals surface area contributed by atoms with Crippen LogP contribution in [-0.2, 0) is 0 Å². The molecular weight excluding hydrogens is 188 g/mol. The highest BCUT2D eigenvalue weighted by Crippen LogP contribution is 2.19. The molecule has 0 saturated carbocycles. The van der Waals surface area contributed by atoms with Gasteiger partial charge in [-0.2, -0.15) is 0 Å². The Hall–Kier alpha value is -0.690. The van der Waals surface area contributed by atoms with Gasteiger partial charge >= 0.3 is 0 Å². The van der Waals surface area contributed by atoms with Gasteiger partial charge in [0.1, 0.15) is 0 Å². The van der Waals surface area contributed by atoms with E-state index in [0.717, 1.165) is 18.6 Å². The van der Waals surface area contributed by atoms with Crippen molar-refractivity contribution in [2.75, 3.05) is 5.75 Å². The molecule has 0 aromatic heterocycles. The summed E-state index contributed by atoms with van der Waals surface area (Å²) in [5.74, 6) is 1.05. The first-order valence-electron chi connectivity index (χ1n) is 4.98. The zero-order valence-corrected chi connectivity index (χ0v) is 9.86. The summed E-state index contributed by atoms with van der Waals surface area (Å²) in [4.78, 5) is 1.19. The molecule has 0 N–H and O–H groups in total. The minimum absolute atomic E-state index is 1.05. The van der Waals surface area contributed by atoms with Crippen molar-refractivity contribution in [3.63, 3.8) is 0 Å². The van der Waals surface area contributed by atoms with E-state index < -0.39 is 0 Å². The normalized spacial score (nSPS) is 16.7. The third kappa shape index (κ3) is 4.52. The highest BCUT2D eigenvalue weighted by Gasteiger charge is 1.96. The molecule has 1 aliphatic carbocycles.